The summed E-state index contributed by atoms with van der Waals surface area (Å²) in [5.74, 6) is 0.822. The van der Waals surface area contributed by atoms with E-state index in [-0.39, 0.29) is 5.54 Å². The van der Waals surface area contributed by atoms with Gasteiger partial charge >= 0.3 is 0 Å². The summed E-state index contributed by atoms with van der Waals surface area (Å²) in [6.45, 7) is 7.81. The van der Waals surface area contributed by atoms with E-state index in [1.54, 1.807) is 11.3 Å². The average molecular weight is 434 g/mol. The van der Waals surface area contributed by atoms with E-state index < -0.39 is 0 Å². The summed E-state index contributed by atoms with van der Waals surface area (Å²) < 4.78 is 7.77. The number of hydrogen-bond acceptors (Lipinski definition) is 4. The predicted molar refractivity (Wildman–Crippen MR) is 94.9 cm³/mol. The molecule has 0 spiro atoms. The van der Waals surface area contributed by atoms with Gasteiger partial charge in [0.15, 0.2) is 0 Å². The Labute approximate surface area is 146 Å². The second-order valence-electron chi connectivity index (χ2n) is 5.75. The number of aromatic nitrogens is 1. The molecule has 1 N–H and O–H groups in total. The molecule has 21 heavy (non-hydrogen) atoms. The third kappa shape index (κ3) is 5.36. The maximum atomic E-state index is 5.87. The van der Waals surface area contributed by atoms with Gasteiger partial charge in [0.25, 0.3) is 0 Å². The molecular formula is C15H18Br2N2OS. The summed E-state index contributed by atoms with van der Waals surface area (Å²) in [5.41, 5.74) is 3.11. The summed E-state index contributed by atoms with van der Waals surface area (Å²) >= 11 is 8.77. The van der Waals surface area contributed by atoms with Gasteiger partial charge in [0.2, 0.25) is 0 Å². The SMILES string of the molecule is CC(C)(C)NCc1cc(Br)c(OCc2cncs2)c(Br)c1. The van der Waals surface area contributed by atoms with Crippen molar-refractivity contribution in [2.75, 3.05) is 0 Å². The average Bonchev–Trinajstić information content (AvgIpc) is 2.87. The van der Waals surface area contributed by atoms with Gasteiger partial charge in [-0.3, -0.25) is 4.98 Å². The molecule has 2 aromatic rings. The number of nitrogens with one attached hydrogen (secondary N) is 1. The van der Waals surface area contributed by atoms with E-state index in [4.69, 9.17) is 4.74 Å². The van der Waals surface area contributed by atoms with E-state index in [2.05, 4.69) is 75.1 Å². The van der Waals surface area contributed by atoms with Crippen molar-refractivity contribution in [1.82, 2.24) is 10.3 Å². The maximum Gasteiger partial charge on any atom is 0.148 e. The lowest BCUT2D eigenvalue weighted by Crippen LogP contribution is -2.35. The standard InChI is InChI=1S/C15H18Br2N2OS/c1-15(2,3)19-6-10-4-12(16)14(13(17)5-10)20-8-11-7-18-9-21-11/h4-5,7,9,19H,6,8H2,1-3H3. The Kier molecular flexibility index (Phi) is 5.82. The van der Waals surface area contributed by atoms with Gasteiger partial charge in [0.1, 0.15) is 12.4 Å². The topological polar surface area (TPSA) is 34.1 Å². The zero-order chi connectivity index (χ0) is 15.5. The van der Waals surface area contributed by atoms with Crippen molar-refractivity contribution in [1.29, 1.82) is 0 Å². The monoisotopic (exact) mass is 432 g/mol. The van der Waals surface area contributed by atoms with Crippen molar-refractivity contribution < 1.29 is 4.74 Å². The van der Waals surface area contributed by atoms with Gasteiger partial charge in [0, 0.05) is 18.3 Å². The van der Waals surface area contributed by atoms with Gasteiger partial charge in [-0.15, -0.1) is 11.3 Å². The van der Waals surface area contributed by atoms with Crippen LogP contribution in [0.25, 0.3) is 0 Å². The van der Waals surface area contributed by atoms with E-state index in [9.17, 15) is 0 Å². The van der Waals surface area contributed by atoms with E-state index in [0.717, 1.165) is 26.1 Å². The molecule has 0 saturated heterocycles. The van der Waals surface area contributed by atoms with Crippen molar-refractivity contribution in [3.8, 4) is 5.75 Å². The molecule has 0 bridgehead atoms. The molecule has 0 atom stereocenters. The van der Waals surface area contributed by atoms with Crippen LogP contribution < -0.4 is 10.1 Å². The third-order valence-electron chi connectivity index (χ3n) is 2.72. The van der Waals surface area contributed by atoms with Crippen LogP contribution in [-0.4, -0.2) is 10.5 Å². The summed E-state index contributed by atoms with van der Waals surface area (Å²) in [4.78, 5) is 5.15. The van der Waals surface area contributed by atoms with Crippen LogP contribution in [0.1, 0.15) is 31.2 Å². The summed E-state index contributed by atoms with van der Waals surface area (Å²) in [6, 6.07) is 4.18. The van der Waals surface area contributed by atoms with Crippen LogP contribution >= 0.6 is 43.2 Å². The van der Waals surface area contributed by atoms with Crippen LogP contribution in [0.15, 0.2) is 32.8 Å². The maximum absolute atomic E-state index is 5.87. The second-order valence-corrected chi connectivity index (χ2v) is 8.43. The Hall–Kier alpha value is -0.430. The van der Waals surface area contributed by atoms with Gasteiger partial charge in [-0.05, 0) is 70.3 Å². The lowest BCUT2D eigenvalue weighted by molar-refractivity contribution is 0.305. The third-order valence-corrected chi connectivity index (χ3v) is 4.65. The summed E-state index contributed by atoms with van der Waals surface area (Å²) in [5, 5.41) is 3.48. The number of nitrogens with zero attached hydrogens (tertiary/aromatic N) is 1. The highest BCUT2D eigenvalue weighted by atomic mass is 79.9. The van der Waals surface area contributed by atoms with Crippen molar-refractivity contribution in [3.63, 3.8) is 0 Å². The highest BCUT2D eigenvalue weighted by molar-refractivity contribution is 9.11. The van der Waals surface area contributed by atoms with Gasteiger partial charge in [-0.1, -0.05) is 0 Å². The highest BCUT2D eigenvalue weighted by Crippen LogP contribution is 2.35. The summed E-state index contributed by atoms with van der Waals surface area (Å²) in [6.07, 6.45) is 1.83. The molecule has 0 aliphatic carbocycles. The fraction of sp³-hybridized carbons (Fsp3) is 0.400. The molecule has 0 saturated carbocycles. The quantitative estimate of drug-likeness (QED) is 0.709. The van der Waals surface area contributed by atoms with Crippen molar-refractivity contribution in [3.05, 3.63) is 43.2 Å². The molecular weight excluding hydrogens is 416 g/mol. The predicted octanol–water partition coefficient (Wildman–Crippen LogP) is 5.14. The molecule has 0 aliphatic rings. The first kappa shape index (κ1) is 16.9. The Morgan fingerprint density at radius 3 is 2.43 bits per heavy atom. The number of hydrogen-bond donors (Lipinski definition) is 1. The fourth-order valence-corrected chi connectivity index (χ4v) is 3.69. The molecule has 2 rings (SSSR count). The lowest BCUT2D eigenvalue weighted by Gasteiger charge is -2.21. The normalized spacial score (nSPS) is 11.7. The van der Waals surface area contributed by atoms with Crippen molar-refractivity contribution in [2.45, 2.75) is 39.5 Å². The minimum absolute atomic E-state index is 0.0975. The van der Waals surface area contributed by atoms with E-state index >= 15 is 0 Å². The van der Waals surface area contributed by atoms with Crippen LogP contribution in [0.4, 0.5) is 0 Å². The minimum Gasteiger partial charge on any atom is -0.486 e. The first-order chi connectivity index (χ1) is 9.85. The number of thiazole rings is 1. The number of ether oxygens (including phenoxy) is 1. The smallest absolute Gasteiger partial charge is 0.148 e. The zero-order valence-corrected chi connectivity index (χ0v) is 16.2. The first-order valence-corrected chi connectivity index (χ1v) is 9.05. The Morgan fingerprint density at radius 1 is 1.24 bits per heavy atom. The number of benzene rings is 1. The molecule has 1 aromatic carbocycles. The van der Waals surface area contributed by atoms with Crippen molar-refractivity contribution in [2.24, 2.45) is 0 Å². The van der Waals surface area contributed by atoms with Crippen LogP contribution in [0.2, 0.25) is 0 Å². The zero-order valence-electron chi connectivity index (χ0n) is 12.2. The van der Waals surface area contributed by atoms with Crippen molar-refractivity contribution >= 4 is 43.2 Å². The highest BCUT2D eigenvalue weighted by Gasteiger charge is 2.12. The van der Waals surface area contributed by atoms with Crippen LogP contribution in [-0.2, 0) is 13.2 Å². The lowest BCUT2D eigenvalue weighted by atomic mass is 10.1. The molecule has 0 aliphatic heterocycles. The van der Waals surface area contributed by atoms with Crippen LogP contribution in [0, 0.1) is 0 Å². The fourth-order valence-electron chi connectivity index (χ4n) is 1.68. The largest absolute Gasteiger partial charge is 0.486 e. The van der Waals surface area contributed by atoms with Gasteiger partial charge < -0.3 is 10.1 Å². The van der Waals surface area contributed by atoms with E-state index in [0.29, 0.717) is 6.61 Å². The summed E-state index contributed by atoms with van der Waals surface area (Å²) in [7, 11) is 0. The van der Waals surface area contributed by atoms with E-state index in [1.165, 1.54) is 5.56 Å². The number of rotatable bonds is 5. The molecule has 0 amide bonds. The molecule has 0 fully saturated rings. The van der Waals surface area contributed by atoms with Gasteiger partial charge in [0.05, 0.1) is 19.3 Å². The molecule has 114 valence electrons. The minimum atomic E-state index is 0.0975. The molecule has 0 radical (unpaired) electrons. The molecule has 1 heterocycles. The van der Waals surface area contributed by atoms with E-state index in [1.807, 2.05) is 11.7 Å². The van der Waals surface area contributed by atoms with Crippen LogP contribution in [0.3, 0.4) is 0 Å². The van der Waals surface area contributed by atoms with Gasteiger partial charge in [-0.2, -0.15) is 0 Å². The Morgan fingerprint density at radius 2 is 1.90 bits per heavy atom. The molecule has 6 heteroatoms. The number of halogens is 2. The van der Waals surface area contributed by atoms with Crippen LogP contribution in [0.5, 0.6) is 5.75 Å². The Bertz CT molecular complexity index is 571. The Balaban J connectivity index is 2.06. The van der Waals surface area contributed by atoms with Gasteiger partial charge in [-0.25, -0.2) is 0 Å². The second kappa shape index (κ2) is 7.22. The molecule has 1 aromatic heterocycles. The molecule has 3 nitrogen and oxygen atoms in total. The molecule has 0 unspecified atom stereocenters. The first-order valence-electron chi connectivity index (χ1n) is 6.58.